The Kier molecular flexibility index (Phi) is 3.67. The molecule has 1 saturated carbocycles. The average Bonchev–Trinajstić information content (AvgIpc) is 2.22. The van der Waals surface area contributed by atoms with E-state index in [1.165, 1.54) is 6.42 Å². The molecule has 0 saturated heterocycles. The molecule has 3 nitrogen and oxygen atoms in total. The maximum Gasteiger partial charge on any atom is 0.315 e. The van der Waals surface area contributed by atoms with Crippen LogP contribution in [0.2, 0.25) is 5.02 Å². The second-order valence-electron chi connectivity index (χ2n) is 4.05. The Morgan fingerprint density at radius 3 is 2.75 bits per heavy atom. The predicted octanol–water partition coefficient (Wildman–Crippen LogP) is 2.69. The van der Waals surface area contributed by atoms with Crippen LogP contribution in [-0.2, 0) is 6.54 Å². The third-order valence-electron chi connectivity index (χ3n) is 2.84. The Morgan fingerprint density at radius 1 is 1.38 bits per heavy atom. The average molecular weight is 239 g/mol. The van der Waals surface area contributed by atoms with Crippen molar-refractivity contribution in [2.24, 2.45) is 0 Å². The minimum Gasteiger partial charge on any atom is -0.335 e. The molecule has 0 heterocycles. The summed E-state index contributed by atoms with van der Waals surface area (Å²) in [4.78, 5) is 11.5. The lowest BCUT2D eigenvalue weighted by Crippen LogP contribution is -2.44. The molecular weight excluding hydrogens is 224 g/mol. The Bertz CT molecular complexity index is 377. The van der Waals surface area contributed by atoms with Gasteiger partial charge in [-0.05, 0) is 30.9 Å². The molecule has 1 aliphatic rings. The van der Waals surface area contributed by atoms with E-state index in [-0.39, 0.29) is 6.03 Å². The quantitative estimate of drug-likeness (QED) is 0.835. The van der Waals surface area contributed by atoms with E-state index >= 15 is 0 Å². The van der Waals surface area contributed by atoms with Crippen LogP contribution in [0.1, 0.15) is 24.8 Å². The van der Waals surface area contributed by atoms with E-state index in [2.05, 4.69) is 10.6 Å². The van der Waals surface area contributed by atoms with Crippen molar-refractivity contribution in [1.29, 1.82) is 0 Å². The molecule has 0 atom stereocenters. The lowest BCUT2D eigenvalue weighted by Gasteiger charge is -2.26. The first kappa shape index (κ1) is 11.3. The molecule has 1 fully saturated rings. The van der Waals surface area contributed by atoms with Gasteiger partial charge in [-0.25, -0.2) is 4.79 Å². The van der Waals surface area contributed by atoms with Gasteiger partial charge in [-0.1, -0.05) is 29.8 Å². The van der Waals surface area contributed by atoms with Crippen LogP contribution in [0.4, 0.5) is 4.79 Å². The third-order valence-corrected chi connectivity index (χ3v) is 3.21. The highest BCUT2D eigenvalue weighted by molar-refractivity contribution is 6.31. The molecule has 0 unspecified atom stereocenters. The molecule has 0 radical (unpaired) electrons. The highest BCUT2D eigenvalue weighted by Gasteiger charge is 2.18. The van der Waals surface area contributed by atoms with Gasteiger partial charge in [0.1, 0.15) is 0 Å². The van der Waals surface area contributed by atoms with E-state index in [1.807, 2.05) is 24.3 Å². The second-order valence-corrected chi connectivity index (χ2v) is 4.45. The van der Waals surface area contributed by atoms with Crippen LogP contribution >= 0.6 is 11.6 Å². The molecule has 1 aliphatic carbocycles. The summed E-state index contributed by atoms with van der Waals surface area (Å²) in [6, 6.07) is 7.78. The van der Waals surface area contributed by atoms with Gasteiger partial charge in [0, 0.05) is 17.6 Å². The molecule has 0 aliphatic heterocycles. The van der Waals surface area contributed by atoms with Crippen molar-refractivity contribution < 1.29 is 4.79 Å². The van der Waals surface area contributed by atoms with Gasteiger partial charge in [-0.15, -0.1) is 0 Å². The number of hydrogen-bond donors (Lipinski definition) is 2. The molecule has 0 spiro atoms. The van der Waals surface area contributed by atoms with Crippen LogP contribution in [0.25, 0.3) is 0 Å². The van der Waals surface area contributed by atoms with Crippen LogP contribution in [0.5, 0.6) is 0 Å². The number of halogens is 1. The minimum atomic E-state index is -0.107. The maximum atomic E-state index is 11.5. The first-order chi connectivity index (χ1) is 7.75. The van der Waals surface area contributed by atoms with Crippen molar-refractivity contribution in [3.63, 3.8) is 0 Å². The Balaban J connectivity index is 1.78. The number of amides is 2. The molecule has 16 heavy (non-hydrogen) atoms. The van der Waals surface area contributed by atoms with Gasteiger partial charge < -0.3 is 10.6 Å². The predicted molar refractivity (Wildman–Crippen MR) is 64.5 cm³/mol. The number of carbonyl (C=O) groups is 1. The molecule has 0 aromatic heterocycles. The van der Waals surface area contributed by atoms with Gasteiger partial charge in [0.2, 0.25) is 0 Å². The lowest BCUT2D eigenvalue weighted by atomic mass is 9.93. The molecule has 86 valence electrons. The normalized spacial score (nSPS) is 15.3. The SMILES string of the molecule is O=C(NCc1ccccc1Cl)NC1CCC1. The fourth-order valence-corrected chi connectivity index (χ4v) is 1.81. The largest absolute Gasteiger partial charge is 0.335 e. The zero-order valence-electron chi connectivity index (χ0n) is 9.00. The molecule has 2 rings (SSSR count). The van der Waals surface area contributed by atoms with Gasteiger partial charge in [0.05, 0.1) is 0 Å². The van der Waals surface area contributed by atoms with Gasteiger partial charge >= 0.3 is 6.03 Å². The summed E-state index contributed by atoms with van der Waals surface area (Å²) in [5.74, 6) is 0. The van der Waals surface area contributed by atoms with E-state index in [1.54, 1.807) is 0 Å². The summed E-state index contributed by atoms with van der Waals surface area (Å²) < 4.78 is 0. The molecule has 4 heteroatoms. The highest BCUT2D eigenvalue weighted by atomic mass is 35.5. The van der Waals surface area contributed by atoms with Crippen molar-refractivity contribution in [1.82, 2.24) is 10.6 Å². The van der Waals surface area contributed by atoms with Crippen LogP contribution < -0.4 is 10.6 Å². The van der Waals surface area contributed by atoms with E-state index in [9.17, 15) is 4.79 Å². The van der Waals surface area contributed by atoms with Crippen LogP contribution in [-0.4, -0.2) is 12.1 Å². The molecule has 0 bridgehead atoms. The van der Waals surface area contributed by atoms with Crippen molar-refractivity contribution in [3.05, 3.63) is 34.9 Å². The second kappa shape index (κ2) is 5.21. The van der Waals surface area contributed by atoms with Crippen LogP contribution in [0, 0.1) is 0 Å². The topological polar surface area (TPSA) is 41.1 Å². The number of hydrogen-bond acceptors (Lipinski definition) is 1. The lowest BCUT2D eigenvalue weighted by molar-refractivity contribution is 0.228. The zero-order chi connectivity index (χ0) is 11.4. The molecule has 1 aromatic carbocycles. The van der Waals surface area contributed by atoms with Crippen LogP contribution in [0.15, 0.2) is 24.3 Å². The van der Waals surface area contributed by atoms with Crippen molar-refractivity contribution in [3.8, 4) is 0 Å². The van der Waals surface area contributed by atoms with Gasteiger partial charge in [0.15, 0.2) is 0 Å². The summed E-state index contributed by atoms with van der Waals surface area (Å²) in [5, 5.41) is 6.40. The number of urea groups is 1. The summed E-state index contributed by atoms with van der Waals surface area (Å²) in [5.41, 5.74) is 0.938. The van der Waals surface area contributed by atoms with Gasteiger partial charge in [-0.3, -0.25) is 0 Å². The molecular formula is C12H15ClN2O. The van der Waals surface area contributed by atoms with E-state index in [0.29, 0.717) is 17.6 Å². The van der Waals surface area contributed by atoms with Crippen molar-refractivity contribution in [2.45, 2.75) is 31.8 Å². The minimum absolute atomic E-state index is 0.107. The monoisotopic (exact) mass is 238 g/mol. The Morgan fingerprint density at radius 2 is 2.12 bits per heavy atom. The van der Waals surface area contributed by atoms with E-state index in [0.717, 1.165) is 18.4 Å². The van der Waals surface area contributed by atoms with Crippen molar-refractivity contribution >= 4 is 17.6 Å². The Labute approximate surface area is 100 Å². The highest BCUT2D eigenvalue weighted by Crippen LogP contribution is 2.18. The number of nitrogens with one attached hydrogen (secondary N) is 2. The van der Waals surface area contributed by atoms with E-state index in [4.69, 9.17) is 11.6 Å². The zero-order valence-corrected chi connectivity index (χ0v) is 9.76. The van der Waals surface area contributed by atoms with Gasteiger partial charge in [-0.2, -0.15) is 0 Å². The fraction of sp³-hybridized carbons (Fsp3) is 0.417. The summed E-state index contributed by atoms with van der Waals surface area (Å²) in [6.45, 7) is 0.470. The van der Waals surface area contributed by atoms with Crippen molar-refractivity contribution in [2.75, 3.05) is 0 Å². The van der Waals surface area contributed by atoms with Crippen LogP contribution in [0.3, 0.4) is 0 Å². The third kappa shape index (κ3) is 2.89. The number of rotatable bonds is 3. The van der Waals surface area contributed by atoms with E-state index < -0.39 is 0 Å². The Hall–Kier alpha value is -1.22. The van der Waals surface area contributed by atoms with Gasteiger partial charge in [0.25, 0.3) is 0 Å². The standard InChI is InChI=1S/C12H15ClN2O/c13-11-7-2-1-4-9(11)8-14-12(16)15-10-5-3-6-10/h1-2,4,7,10H,3,5-6,8H2,(H2,14,15,16). The molecule has 1 aromatic rings. The molecule has 2 N–H and O–H groups in total. The summed E-state index contributed by atoms with van der Waals surface area (Å²) >= 11 is 5.98. The fourth-order valence-electron chi connectivity index (χ4n) is 1.61. The number of benzene rings is 1. The maximum absolute atomic E-state index is 11.5. The smallest absolute Gasteiger partial charge is 0.315 e. The first-order valence-electron chi connectivity index (χ1n) is 5.53. The number of carbonyl (C=O) groups excluding carboxylic acids is 1. The summed E-state index contributed by atoms with van der Waals surface area (Å²) in [6.07, 6.45) is 3.41. The first-order valence-corrected chi connectivity index (χ1v) is 5.91. The molecule has 2 amide bonds. The summed E-state index contributed by atoms with van der Waals surface area (Å²) in [7, 11) is 0.